The van der Waals surface area contributed by atoms with Gasteiger partial charge < -0.3 is 21.7 Å². The van der Waals surface area contributed by atoms with Gasteiger partial charge in [-0.1, -0.05) is 61.3 Å². The van der Waals surface area contributed by atoms with Crippen molar-refractivity contribution in [3.8, 4) is 0 Å². The van der Waals surface area contributed by atoms with Crippen LogP contribution in [0.15, 0.2) is 0 Å². The molecule has 0 aromatic heterocycles. The molecule has 0 aromatic rings. The van der Waals surface area contributed by atoms with Gasteiger partial charge in [-0.2, -0.15) is 0 Å². The summed E-state index contributed by atoms with van der Waals surface area (Å²) in [5.74, 6) is 0.0220. The van der Waals surface area contributed by atoms with Crippen molar-refractivity contribution in [3.05, 3.63) is 0 Å². The van der Waals surface area contributed by atoms with Gasteiger partial charge in [0.1, 0.15) is 0 Å². The van der Waals surface area contributed by atoms with Crippen molar-refractivity contribution in [2.24, 2.45) is 17.1 Å². The van der Waals surface area contributed by atoms with Gasteiger partial charge in [0.25, 0.3) is 0 Å². The molecule has 0 bridgehead atoms. The third-order valence-corrected chi connectivity index (χ3v) is 6.81. The summed E-state index contributed by atoms with van der Waals surface area (Å²) in [6.45, 7) is 17.0. The maximum atomic E-state index is 13.5. The lowest BCUT2D eigenvalue weighted by Crippen LogP contribution is -2.59. The Kier molecular flexibility index (Phi) is 13.8. The van der Waals surface area contributed by atoms with Gasteiger partial charge in [-0.05, 0) is 51.4 Å². The molecule has 0 spiro atoms. The van der Waals surface area contributed by atoms with Crippen LogP contribution in [0.1, 0.15) is 107 Å². The van der Waals surface area contributed by atoms with E-state index in [2.05, 4.69) is 43.6 Å². The molecule has 4 atom stereocenters. The number of Topliss-reactive ketones (excluding diaryl/α,β-unsaturated/α-hetero) is 1. The Morgan fingerprint density at radius 3 is 1.97 bits per heavy atom. The van der Waals surface area contributed by atoms with E-state index in [9.17, 15) is 14.4 Å². The molecule has 4 unspecified atom stereocenters. The van der Waals surface area contributed by atoms with Crippen LogP contribution in [-0.2, 0) is 9.59 Å². The maximum absolute atomic E-state index is 13.5. The van der Waals surface area contributed by atoms with Crippen LogP contribution in [0.2, 0.25) is 0 Å². The Morgan fingerprint density at radius 2 is 1.53 bits per heavy atom. The number of carbonyl (C=O) groups is 3. The molecule has 0 aliphatic heterocycles. The smallest absolute Gasteiger partial charge is 0.312 e. The molecule has 7 nitrogen and oxygen atoms in total. The molecule has 0 aliphatic carbocycles. The number of hydrogen-bond acceptors (Lipinski definition) is 4. The summed E-state index contributed by atoms with van der Waals surface area (Å²) < 4.78 is 0. The zero-order valence-corrected chi connectivity index (χ0v) is 21.9. The lowest BCUT2D eigenvalue weighted by atomic mass is 9.75. The first kappa shape index (κ1) is 30.4. The summed E-state index contributed by atoms with van der Waals surface area (Å²) in [6, 6.07) is -1.56. The SMILES string of the molecule is CCCC(C)(CC)NC(C(=O)NC(CCCNC(N)=O)C(=O)C(C)(CC)CCC)C(C)C. The molecule has 0 heterocycles. The summed E-state index contributed by atoms with van der Waals surface area (Å²) in [7, 11) is 0. The highest BCUT2D eigenvalue weighted by atomic mass is 16.2. The van der Waals surface area contributed by atoms with Gasteiger partial charge in [-0.25, -0.2) is 4.79 Å². The Bertz CT molecular complexity index is 596. The molecule has 3 amide bonds. The van der Waals surface area contributed by atoms with Gasteiger partial charge in [0.2, 0.25) is 5.91 Å². The quantitative estimate of drug-likeness (QED) is 0.246. The number of rotatable bonds is 17. The van der Waals surface area contributed by atoms with Crippen LogP contribution in [0.3, 0.4) is 0 Å². The van der Waals surface area contributed by atoms with Crippen molar-refractivity contribution in [1.29, 1.82) is 0 Å². The van der Waals surface area contributed by atoms with Crippen LogP contribution >= 0.6 is 0 Å². The molecular formula is C25H50N4O3. The molecule has 0 fully saturated rings. The van der Waals surface area contributed by atoms with Crippen molar-refractivity contribution in [2.45, 2.75) is 124 Å². The molecule has 32 heavy (non-hydrogen) atoms. The predicted molar refractivity (Wildman–Crippen MR) is 132 cm³/mol. The lowest BCUT2D eigenvalue weighted by molar-refractivity contribution is -0.135. The van der Waals surface area contributed by atoms with Gasteiger partial charge in [-0.15, -0.1) is 0 Å². The minimum atomic E-state index is -0.587. The molecule has 0 aliphatic rings. The van der Waals surface area contributed by atoms with Crippen molar-refractivity contribution in [3.63, 3.8) is 0 Å². The molecule has 0 saturated carbocycles. The Hall–Kier alpha value is -1.63. The Morgan fingerprint density at radius 1 is 0.938 bits per heavy atom. The first-order chi connectivity index (χ1) is 14.9. The van der Waals surface area contributed by atoms with E-state index in [-0.39, 0.29) is 29.2 Å². The number of urea groups is 1. The highest BCUT2D eigenvalue weighted by molar-refractivity contribution is 5.94. The van der Waals surface area contributed by atoms with Crippen molar-refractivity contribution in [2.75, 3.05) is 6.54 Å². The van der Waals surface area contributed by atoms with E-state index in [4.69, 9.17) is 5.73 Å². The topological polar surface area (TPSA) is 113 Å². The minimum Gasteiger partial charge on any atom is -0.352 e. The molecule has 5 N–H and O–H groups in total. The first-order valence-corrected chi connectivity index (χ1v) is 12.5. The van der Waals surface area contributed by atoms with E-state index in [0.29, 0.717) is 19.4 Å². The van der Waals surface area contributed by atoms with Crippen molar-refractivity contribution < 1.29 is 14.4 Å². The van der Waals surface area contributed by atoms with Gasteiger partial charge in [0.05, 0.1) is 12.1 Å². The van der Waals surface area contributed by atoms with Crippen LogP contribution in [-0.4, -0.2) is 41.9 Å². The molecular weight excluding hydrogens is 404 g/mol. The fraction of sp³-hybridized carbons (Fsp3) is 0.880. The number of nitrogens with one attached hydrogen (secondary N) is 3. The monoisotopic (exact) mass is 454 g/mol. The zero-order valence-electron chi connectivity index (χ0n) is 21.9. The second-order valence-corrected chi connectivity index (χ2v) is 10.1. The second-order valence-electron chi connectivity index (χ2n) is 10.1. The Labute approximate surface area is 196 Å². The highest BCUT2D eigenvalue weighted by Gasteiger charge is 2.38. The number of amides is 3. The summed E-state index contributed by atoms with van der Waals surface area (Å²) in [5.41, 5.74) is 4.54. The summed E-state index contributed by atoms with van der Waals surface area (Å²) in [5, 5.41) is 9.23. The van der Waals surface area contributed by atoms with Crippen LogP contribution in [0.5, 0.6) is 0 Å². The number of hydrogen-bond donors (Lipinski definition) is 4. The van der Waals surface area contributed by atoms with E-state index in [1.807, 2.05) is 27.7 Å². The number of ketones is 1. The van der Waals surface area contributed by atoms with Crippen LogP contribution in [0, 0.1) is 11.3 Å². The van der Waals surface area contributed by atoms with Crippen LogP contribution in [0.4, 0.5) is 4.79 Å². The molecule has 0 rings (SSSR count). The largest absolute Gasteiger partial charge is 0.352 e. The zero-order chi connectivity index (χ0) is 24.9. The molecule has 7 heteroatoms. The van der Waals surface area contributed by atoms with E-state index in [1.165, 1.54) is 0 Å². The average Bonchev–Trinajstić information content (AvgIpc) is 2.73. The van der Waals surface area contributed by atoms with E-state index in [1.54, 1.807) is 0 Å². The van der Waals surface area contributed by atoms with Crippen molar-refractivity contribution in [1.82, 2.24) is 16.0 Å². The van der Waals surface area contributed by atoms with Crippen LogP contribution < -0.4 is 21.7 Å². The third-order valence-electron chi connectivity index (χ3n) is 6.81. The third kappa shape index (κ3) is 9.88. The fourth-order valence-electron chi connectivity index (χ4n) is 4.31. The second kappa shape index (κ2) is 14.5. The van der Waals surface area contributed by atoms with Gasteiger partial charge in [-0.3, -0.25) is 9.59 Å². The first-order valence-electron chi connectivity index (χ1n) is 12.5. The molecule has 0 radical (unpaired) electrons. The summed E-state index contributed by atoms with van der Waals surface area (Å²) in [6.07, 6.45) is 6.37. The minimum absolute atomic E-state index is 0.0728. The van der Waals surface area contributed by atoms with E-state index in [0.717, 1.165) is 38.5 Å². The van der Waals surface area contributed by atoms with Gasteiger partial charge in [0, 0.05) is 17.5 Å². The fourth-order valence-corrected chi connectivity index (χ4v) is 4.31. The normalized spacial score (nSPS) is 17.2. The van der Waals surface area contributed by atoms with Crippen LogP contribution in [0.25, 0.3) is 0 Å². The predicted octanol–water partition coefficient (Wildman–Crippen LogP) is 4.29. The standard InChI is InChI=1S/C25H50N4O3/c1-9-15-24(7,11-3)21(30)19(14-13-17-27-23(26)32)28-22(31)20(18(5)6)29-25(8,12-4)16-10-2/h18-20,29H,9-17H2,1-8H3,(H,28,31)(H3,26,27,32). The molecule has 188 valence electrons. The number of primary amides is 1. The lowest BCUT2D eigenvalue weighted by Gasteiger charge is -2.37. The average molecular weight is 455 g/mol. The van der Waals surface area contributed by atoms with Gasteiger partial charge >= 0.3 is 6.03 Å². The number of nitrogens with two attached hydrogens (primary N) is 1. The molecule has 0 aromatic carbocycles. The Balaban J connectivity index is 5.64. The van der Waals surface area contributed by atoms with E-state index < -0.39 is 17.5 Å². The summed E-state index contributed by atoms with van der Waals surface area (Å²) in [4.78, 5) is 37.9. The highest BCUT2D eigenvalue weighted by Crippen LogP contribution is 2.31. The van der Waals surface area contributed by atoms with Gasteiger partial charge in [0.15, 0.2) is 5.78 Å². The van der Waals surface area contributed by atoms with Crippen molar-refractivity contribution >= 4 is 17.7 Å². The summed E-state index contributed by atoms with van der Waals surface area (Å²) >= 11 is 0. The van der Waals surface area contributed by atoms with E-state index >= 15 is 0 Å². The molecule has 0 saturated heterocycles. The number of carbonyl (C=O) groups excluding carboxylic acids is 3. The maximum Gasteiger partial charge on any atom is 0.312 e.